The van der Waals surface area contributed by atoms with Crippen LogP contribution in [0.15, 0.2) is 24.3 Å². The number of anilines is 1. The number of hydrogen-bond acceptors (Lipinski definition) is 3. The molecule has 132 valence electrons. The summed E-state index contributed by atoms with van der Waals surface area (Å²) >= 11 is 3.37. The molecule has 2 rings (SSSR count). The van der Waals surface area contributed by atoms with Gasteiger partial charge in [0, 0.05) is 19.0 Å². The van der Waals surface area contributed by atoms with Gasteiger partial charge < -0.3 is 9.64 Å². The van der Waals surface area contributed by atoms with Crippen LogP contribution in [0.4, 0.5) is 10.5 Å². The van der Waals surface area contributed by atoms with Crippen LogP contribution in [0.25, 0.3) is 0 Å². The number of hydrogen-bond donors (Lipinski definition) is 0. The molecule has 0 spiro atoms. The second-order valence-corrected chi connectivity index (χ2v) is 7.91. The zero-order valence-electron chi connectivity index (χ0n) is 14.7. The second-order valence-electron chi connectivity index (χ2n) is 7.20. The van der Waals surface area contributed by atoms with Crippen molar-refractivity contribution in [3.8, 4) is 0 Å². The van der Waals surface area contributed by atoms with Crippen molar-refractivity contribution in [3.05, 3.63) is 29.8 Å². The van der Waals surface area contributed by atoms with E-state index < -0.39 is 5.60 Å². The maximum Gasteiger partial charge on any atom is 0.410 e. The van der Waals surface area contributed by atoms with Gasteiger partial charge in [0.1, 0.15) is 5.60 Å². The molecule has 1 aliphatic rings. The van der Waals surface area contributed by atoms with E-state index in [2.05, 4.69) is 16.1 Å². The number of amides is 2. The average molecular weight is 397 g/mol. The molecular formula is C18H25BrN2O3. The molecule has 0 N–H and O–H groups in total. The molecule has 1 heterocycles. The van der Waals surface area contributed by atoms with Crippen molar-refractivity contribution in [2.24, 2.45) is 5.92 Å². The minimum Gasteiger partial charge on any atom is -0.444 e. The van der Waals surface area contributed by atoms with Crippen molar-refractivity contribution in [3.63, 3.8) is 0 Å². The number of piperidine rings is 1. The molecule has 0 unspecified atom stereocenters. The topological polar surface area (TPSA) is 49.9 Å². The van der Waals surface area contributed by atoms with Crippen molar-refractivity contribution in [2.45, 2.75) is 46.1 Å². The molecule has 1 fully saturated rings. The Morgan fingerprint density at radius 3 is 2.21 bits per heavy atom. The summed E-state index contributed by atoms with van der Waals surface area (Å²) in [6.07, 6.45) is 0.987. The lowest BCUT2D eigenvalue weighted by Crippen LogP contribution is -2.44. The van der Waals surface area contributed by atoms with Gasteiger partial charge in [0.2, 0.25) is 5.91 Å². The Morgan fingerprint density at radius 1 is 1.17 bits per heavy atom. The highest BCUT2D eigenvalue weighted by atomic mass is 79.9. The van der Waals surface area contributed by atoms with Crippen LogP contribution in [0.3, 0.4) is 0 Å². The number of nitrogens with zero attached hydrogens (tertiary/aromatic N) is 2. The molecule has 1 aromatic carbocycles. The van der Waals surface area contributed by atoms with Crippen LogP contribution in [0.5, 0.6) is 0 Å². The van der Waals surface area contributed by atoms with Gasteiger partial charge in [0.05, 0.1) is 21.8 Å². The molecule has 1 aromatic rings. The maximum absolute atomic E-state index is 12.6. The normalized spacial score (nSPS) is 16.0. The molecule has 0 bridgehead atoms. The lowest BCUT2D eigenvalue weighted by Gasteiger charge is -2.33. The molecule has 0 atom stereocenters. The van der Waals surface area contributed by atoms with Gasteiger partial charge in [-0.1, -0.05) is 17.7 Å². The Hall–Kier alpha value is -1.56. The van der Waals surface area contributed by atoms with Gasteiger partial charge >= 0.3 is 6.09 Å². The third-order valence-corrected chi connectivity index (χ3v) is 4.71. The Bertz CT molecular complexity index is 587. The van der Waals surface area contributed by atoms with Crippen LogP contribution < -0.4 is 3.93 Å². The van der Waals surface area contributed by atoms with E-state index in [9.17, 15) is 9.59 Å². The molecule has 0 radical (unpaired) electrons. The number of benzene rings is 1. The number of ether oxygens (including phenoxy) is 1. The summed E-state index contributed by atoms with van der Waals surface area (Å²) < 4.78 is 6.91. The molecule has 0 aromatic heterocycles. The standard InChI is InChI=1S/C18H25BrN2O3/c1-13-5-7-15(8-6-13)21(19)16(22)14-9-11-20(12-10-14)17(23)24-18(2,3)4/h5-8,14H,9-12H2,1-4H3. The smallest absolute Gasteiger partial charge is 0.410 e. The van der Waals surface area contributed by atoms with Crippen LogP contribution >= 0.6 is 16.1 Å². The summed E-state index contributed by atoms with van der Waals surface area (Å²) in [5, 5.41) is 0. The number of carbonyl (C=O) groups is 2. The minimum absolute atomic E-state index is 0.0303. The van der Waals surface area contributed by atoms with E-state index in [4.69, 9.17) is 4.74 Å². The van der Waals surface area contributed by atoms with Crippen molar-refractivity contribution in [1.82, 2.24) is 4.90 Å². The highest BCUT2D eigenvalue weighted by Gasteiger charge is 2.32. The maximum atomic E-state index is 12.6. The van der Waals surface area contributed by atoms with Gasteiger partial charge in [0.25, 0.3) is 0 Å². The highest BCUT2D eigenvalue weighted by molar-refractivity contribution is 9.10. The molecule has 2 amide bonds. The Morgan fingerprint density at radius 2 is 1.71 bits per heavy atom. The zero-order chi connectivity index (χ0) is 17.9. The Kier molecular flexibility index (Phi) is 5.91. The zero-order valence-corrected chi connectivity index (χ0v) is 16.3. The third kappa shape index (κ3) is 4.97. The lowest BCUT2D eigenvalue weighted by molar-refractivity contribution is -0.122. The monoisotopic (exact) mass is 396 g/mol. The van der Waals surface area contributed by atoms with Gasteiger partial charge in [-0.05, 0) is 52.7 Å². The van der Waals surface area contributed by atoms with E-state index in [1.54, 1.807) is 4.90 Å². The largest absolute Gasteiger partial charge is 0.444 e. The molecule has 0 saturated carbocycles. The fourth-order valence-corrected chi connectivity index (χ4v) is 3.12. The highest BCUT2D eigenvalue weighted by Crippen LogP contribution is 2.26. The van der Waals surface area contributed by atoms with Crippen LogP contribution in [0, 0.1) is 12.8 Å². The molecule has 0 aliphatic carbocycles. The predicted octanol–water partition coefficient (Wildman–Crippen LogP) is 4.29. The van der Waals surface area contributed by atoms with Crippen molar-refractivity contribution in [1.29, 1.82) is 0 Å². The Balaban J connectivity index is 1.90. The van der Waals surface area contributed by atoms with Crippen molar-refractivity contribution in [2.75, 3.05) is 17.0 Å². The summed E-state index contributed by atoms with van der Waals surface area (Å²) in [6, 6.07) is 7.78. The average Bonchev–Trinajstić information content (AvgIpc) is 2.53. The van der Waals surface area contributed by atoms with Gasteiger partial charge in [-0.3, -0.25) is 4.79 Å². The molecule has 6 heteroatoms. The summed E-state index contributed by atoms with van der Waals surface area (Å²) in [5.74, 6) is -0.0629. The molecule has 1 saturated heterocycles. The molecule has 24 heavy (non-hydrogen) atoms. The van der Waals surface area contributed by atoms with Crippen molar-refractivity contribution >= 4 is 33.8 Å². The number of halogens is 1. The number of rotatable bonds is 2. The second kappa shape index (κ2) is 7.55. The van der Waals surface area contributed by atoms with E-state index in [0.717, 1.165) is 11.3 Å². The van der Waals surface area contributed by atoms with Crippen LogP contribution in [0.2, 0.25) is 0 Å². The van der Waals surface area contributed by atoms with E-state index in [1.807, 2.05) is 52.0 Å². The predicted molar refractivity (Wildman–Crippen MR) is 98.1 cm³/mol. The van der Waals surface area contributed by atoms with Gasteiger partial charge in [0.15, 0.2) is 0 Å². The first kappa shape index (κ1) is 18.8. The first-order valence-electron chi connectivity index (χ1n) is 8.22. The SMILES string of the molecule is Cc1ccc(N(Br)C(=O)C2CCN(C(=O)OC(C)(C)C)CC2)cc1. The van der Waals surface area contributed by atoms with E-state index >= 15 is 0 Å². The fraction of sp³-hybridized carbons (Fsp3) is 0.556. The van der Waals surface area contributed by atoms with E-state index in [1.165, 1.54) is 3.93 Å². The van der Waals surface area contributed by atoms with Crippen molar-refractivity contribution < 1.29 is 14.3 Å². The first-order valence-corrected chi connectivity index (χ1v) is 8.92. The number of carbonyl (C=O) groups excluding carboxylic acids is 2. The molecular weight excluding hydrogens is 372 g/mol. The van der Waals surface area contributed by atoms with Gasteiger partial charge in [-0.2, -0.15) is 0 Å². The minimum atomic E-state index is -0.498. The van der Waals surface area contributed by atoms with E-state index in [0.29, 0.717) is 25.9 Å². The first-order chi connectivity index (χ1) is 11.2. The van der Waals surface area contributed by atoms with E-state index in [-0.39, 0.29) is 17.9 Å². The lowest BCUT2D eigenvalue weighted by atomic mass is 9.96. The summed E-state index contributed by atoms with van der Waals surface area (Å²) in [7, 11) is 0. The van der Waals surface area contributed by atoms with Crippen LogP contribution in [0.1, 0.15) is 39.2 Å². The number of likely N-dealkylation sites (tertiary alicyclic amines) is 1. The third-order valence-electron chi connectivity index (χ3n) is 3.95. The molecule has 1 aliphatic heterocycles. The van der Waals surface area contributed by atoms with Crippen LogP contribution in [-0.4, -0.2) is 35.6 Å². The number of aryl methyl sites for hydroxylation is 1. The van der Waals surface area contributed by atoms with Gasteiger partial charge in [-0.25, -0.2) is 8.72 Å². The quantitative estimate of drug-likeness (QED) is 0.700. The Labute approximate surface area is 152 Å². The van der Waals surface area contributed by atoms with Gasteiger partial charge in [-0.15, -0.1) is 0 Å². The van der Waals surface area contributed by atoms with Crippen LogP contribution in [-0.2, 0) is 9.53 Å². The molecule has 5 nitrogen and oxygen atoms in total. The fourth-order valence-electron chi connectivity index (χ4n) is 2.60. The summed E-state index contributed by atoms with van der Waals surface area (Å²) in [4.78, 5) is 26.4. The summed E-state index contributed by atoms with van der Waals surface area (Å²) in [6.45, 7) is 8.65. The summed E-state index contributed by atoms with van der Waals surface area (Å²) in [5.41, 5.74) is 1.47.